The first-order valence-corrected chi connectivity index (χ1v) is 8.79. The van der Waals surface area contributed by atoms with Crippen LogP contribution >= 0.6 is 0 Å². The van der Waals surface area contributed by atoms with Crippen LogP contribution in [0.3, 0.4) is 0 Å². The van der Waals surface area contributed by atoms with Crippen LogP contribution in [0.1, 0.15) is 24.1 Å². The molecule has 0 fully saturated rings. The SMILES string of the molecule is CC1=C(C(=O)Nc2ccc(C)cc2)[C@@H](c2ccc(N(C)C)cc2)NC(=O)N1. The Morgan fingerprint density at radius 2 is 1.63 bits per heavy atom. The predicted molar refractivity (Wildman–Crippen MR) is 108 cm³/mol. The number of carbonyl (C=O) groups excluding carboxylic acids is 2. The van der Waals surface area contributed by atoms with Gasteiger partial charge in [-0.3, -0.25) is 4.79 Å². The summed E-state index contributed by atoms with van der Waals surface area (Å²) < 4.78 is 0. The first-order chi connectivity index (χ1) is 12.8. The molecule has 3 N–H and O–H groups in total. The molecule has 1 aliphatic heterocycles. The Bertz CT molecular complexity index is 883. The van der Waals surface area contributed by atoms with Crippen molar-refractivity contribution in [3.63, 3.8) is 0 Å². The molecule has 0 radical (unpaired) electrons. The van der Waals surface area contributed by atoms with Crippen molar-refractivity contribution in [1.82, 2.24) is 10.6 Å². The number of urea groups is 1. The number of carbonyl (C=O) groups is 2. The molecular formula is C21H24N4O2. The number of hydrogen-bond donors (Lipinski definition) is 3. The van der Waals surface area contributed by atoms with E-state index < -0.39 is 6.04 Å². The largest absolute Gasteiger partial charge is 0.378 e. The Kier molecular flexibility index (Phi) is 5.16. The highest BCUT2D eigenvalue weighted by molar-refractivity contribution is 6.06. The minimum Gasteiger partial charge on any atom is -0.378 e. The molecular weight excluding hydrogens is 340 g/mol. The van der Waals surface area contributed by atoms with E-state index in [2.05, 4.69) is 16.0 Å². The summed E-state index contributed by atoms with van der Waals surface area (Å²) in [5.41, 5.74) is 4.77. The first-order valence-electron chi connectivity index (χ1n) is 8.79. The van der Waals surface area contributed by atoms with E-state index >= 15 is 0 Å². The second-order valence-electron chi connectivity index (χ2n) is 6.88. The quantitative estimate of drug-likeness (QED) is 0.779. The van der Waals surface area contributed by atoms with Crippen molar-refractivity contribution in [2.24, 2.45) is 0 Å². The van der Waals surface area contributed by atoms with Crippen molar-refractivity contribution in [3.05, 3.63) is 70.9 Å². The Morgan fingerprint density at radius 1 is 1.00 bits per heavy atom. The van der Waals surface area contributed by atoms with Crippen LogP contribution in [-0.2, 0) is 4.79 Å². The lowest BCUT2D eigenvalue weighted by atomic mass is 9.94. The molecule has 0 saturated heterocycles. The van der Waals surface area contributed by atoms with Crippen molar-refractivity contribution < 1.29 is 9.59 Å². The molecule has 140 valence electrons. The lowest BCUT2D eigenvalue weighted by molar-refractivity contribution is -0.113. The number of rotatable bonds is 4. The summed E-state index contributed by atoms with van der Waals surface area (Å²) in [5.74, 6) is -0.245. The number of anilines is 2. The van der Waals surface area contributed by atoms with E-state index in [0.29, 0.717) is 17.0 Å². The van der Waals surface area contributed by atoms with Gasteiger partial charge in [0.2, 0.25) is 0 Å². The van der Waals surface area contributed by atoms with Gasteiger partial charge in [0.1, 0.15) is 0 Å². The Hall–Kier alpha value is -3.28. The van der Waals surface area contributed by atoms with Crippen molar-refractivity contribution in [1.29, 1.82) is 0 Å². The summed E-state index contributed by atoms with van der Waals surface area (Å²) in [6, 6.07) is 14.6. The third-order valence-electron chi connectivity index (χ3n) is 4.57. The van der Waals surface area contributed by atoms with Gasteiger partial charge in [-0.05, 0) is 43.7 Å². The maximum absolute atomic E-state index is 13.0. The highest BCUT2D eigenvalue weighted by Crippen LogP contribution is 2.29. The fraction of sp³-hybridized carbons (Fsp3) is 0.238. The molecule has 0 spiro atoms. The number of hydrogen-bond acceptors (Lipinski definition) is 3. The van der Waals surface area contributed by atoms with Crippen LogP contribution in [0.15, 0.2) is 59.8 Å². The summed E-state index contributed by atoms with van der Waals surface area (Å²) in [5, 5.41) is 8.47. The Morgan fingerprint density at radius 3 is 2.22 bits per heavy atom. The molecule has 0 unspecified atom stereocenters. The molecule has 1 aliphatic rings. The van der Waals surface area contributed by atoms with Gasteiger partial charge < -0.3 is 20.9 Å². The summed E-state index contributed by atoms with van der Waals surface area (Å²) in [6.45, 7) is 3.73. The average molecular weight is 364 g/mol. The fourth-order valence-electron chi connectivity index (χ4n) is 3.05. The van der Waals surface area contributed by atoms with Crippen LogP contribution in [0.5, 0.6) is 0 Å². The minimum absolute atomic E-state index is 0.245. The Balaban J connectivity index is 1.91. The number of nitrogens with one attached hydrogen (secondary N) is 3. The molecule has 0 bridgehead atoms. The van der Waals surface area contributed by atoms with E-state index in [4.69, 9.17) is 0 Å². The standard InChI is InChI=1S/C21H24N4O2/c1-13-5-9-16(10-6-13)23-20(26)18-14(2)22-21(27)24-19(18)15-7-11-17(12-8-15)25(3)4/h5-12,19H,1-4H3,(H,23,26)(H2,22,24,27)/t19-/m1/s1. The van der Waals surface area contributed by atoms with Crippen molar-refractivity contribution in [3.8, 4) is 0 Å². The van der Waals surface area contributed by atoms with E-state index in [1.165, 1.54) is 0 Å². The number of amides is 3. The van der Waals surface area contributed by atoms with Crippen molar-refractivity contribution in [2.45, 2.75) is 19.9 Å². The zero-order valence-corrected chi connectivity index (χ0v) is 16.0. The molecule has 1 heterocycles. The third-order valence-corrected chi connectivity index (χ3v) is 4.57. The zero-order valence-electron chi connectivity index (χ0n) is 16.0. The minimum atomic E-state index is -0.514. The molecule has 0 aliphatic carbocycles. The number of aryl methyl sites for hydroxylation is 1. The van der Waals surface area contributed by atoms with Gasteiger partial charge in [0.15, 0.2) is 0 Å². The first kappa shape index (κ1) is 18.5. The van der Waals surface area contributed by atoms with Crippen LogP contribution in [0, 0.1) is 6.92 Å². The lowest BCUT2D eigenvalue weighted by Gasteiger charge is -2.29. The predicted octanol–water partition coefficient (Wildman–Crippen LogP) is 3.33. The van der Waals surface area contributed by atoms with Crippen LogP contribution in [0.25, 0.3) is 0 Å². The van der Waals surface area contributed by atoms with E-state index in [0.717, 1.165) is 16.8 Å². The topological polar surface area (TPSA) is 73.5 Å². The molecule has 3 rings (SSSR count). The number of benzene rings is 2. The van der Waals surface area contributed by atoms with Gasteiger partial charge in [-0.25, -0.2) is 4.79 Å². The van der Waals surface area contributed by atoms with Crippen LogP contribution in [-0.4, -0.2) is 26.0 Å². The summed E-state index contributed by atoms with van der Waals surface area (Å²) in [6.07, 6.45) is 0. The van der Waals surface area contributed by atoms with Crippen LogP contribution in [0.2, 0.25) is 0 Å². The van der Waals surface area contributed by atoms with Crippen LogP contribution < -0.4 is 20.9 Å². The smallest absolute Gasteiger partial charge is 0.319 e. The van der Waals surface area contributed by atoms with E-state index in [-0.39, 0.29) is 11.9 Å². The molecule has 6 nitrogen and oxygen atoms in total. The second-order valence-corrected chi connectivity index (χ2v) is 6.88. The summed E-state index contributed by atoms with van der Waals surface area (Å²) >= 11 is 0. The fourth-order valence-corrected chi connectivity index (χ4v) is 3.05. The number of allylic oxidation sites excluding steroid dienone is 1. The van der Waals surface area contributed by atoms with Gasteiger partial charge in [0.25, 0.3) is 5.91 Å². The molecule has 6 heteroatoms. The Labute approximate surface area is 159 Å². The molecule has 2 aromatic carbocycles. The molecule has 2 aromatic rings. The molecule has 3 amide bonds. The summed E-state index contributed by atoms with van der Waals surface area (Å²) in [4.78, 5) is 27.0. The van der Waals surface area contributed by atoms with Gasteiger partial charge in [-0.2, -0.15) is 0 Å². The molecule has 0 aromatic heterocycles. The monoisotopic (exact) mass is 364 g/mol. The maximum Gasteiger partial charge on any atom is 0.319 e. The second kappa shape index (κ2) is 7.53. The lowest BCUT2D eigenvalue weighted by Crippen LogP contribution is -2.45. The van der Waals surface area contributed by atoms with Gasteiger partial charge in [0, 0.05) is 31.2 Å². The van der Waals surface area contributed by atoms with Gasteiger partial charge in [-0.15, -0.1) is 0 Å². The van der Waals surface area contributed by atoms with Gasteiger partial charge >= 0.3 is 6.03 Å². The maximum atomic E-state index is 13.0. The highest BCUT2D eigenvalue weighted by atomic mass is 16.2. The van der Waals surface area contributed by atoms with Gasteiger partial charge in [-0.1, -0.05) is 29.8 Å². The van der Waals surface area contributed by atoms with Crippen molar-refractivity contribution >= 4 is 23.3 Å². The van der Waals surface area contributed by atoms with Crippen molar-refractivity contribution in [2.75, 3.05) is 24.3 Å². The normalized spacial score (nSPS) is 16.4. The van der Waals surface area contributed by atoms with Gasteiger partial charge in [0.05, 0.1) is 11.6 Å². The average Bonchev–Trinajstić information content (AvgIpc) is 2.63. The van der Waals surface area contributed by atoms with E-state index in [9.17, 15) is 9.59 Å². The third kappa shape index (κ3) is 4.11. The van der Waals surface area contributed by atoms with E-state index in [1.54, 1.807) is 6.92 Å². The molecule has 1 atom stereocenters. The molecule has 0 saturated carbocycles. The number of nitrogens with zero attached hydrogens (tertiary/aromatic N) is 1. The van der Waals surface area contributed by atoms with E-state index in [1.807, 2.05) is 74.4 Å². The zero-order chi connectivity index (χ0) is 19.6. The van der Waals surface area contributed by atoms with Crippen LogP contribution in [0.4, 0.5) is 16.2 Å². The molecule has 27 heavy (non-hydrogen) atoms. The highest BCUT2D eigenvalue weighted by Gasteiger charge is 2.31. The summed E-state index contributed by atoms with van der Waals surface area (Å²) in [7, 11) is 3.93.